The maximum atomic E-state index is 13.2. The van der Waals surface area contributed by atoms with E-state index in [0.29, 0.717) is 0 Å². The van der Waals surface area contributed by atoms with Crippen LogP contribution < -0.4 is 11.5 Å². The van der Waals surface area contributed by atoms with Crippen molar-refractivity contribution in [2.75, 3.05) is 0 Å². The van der Waals surface area contributed by atoms with Gasteiger partial charge in [-0.15, -0.1) is 0 Å². The average molecular weight is 323 g/mol. The quantitative estimate of drug-likeness (QED) is 0.827. The Morgan fingerprint density at radius 2 is 1.13 bits per heavy atom. The van der Waals surface area contributed by atoms with Gasteiger partial charge in [0.1, 0.15) is 5.54 Å². The molecular weight excluding hydrogens is 294 g/mol. The summed E-state index contributed by atoms with van der Waals surface area (Å²) >= 11 is 0. The van der Waals surface area contributed by atoms with E-state index in [2.05, 4.69) is 0 Å². The summed E-state index contributed by atoms with van der Waals surface area (Å²) in [6, 6.07) is -0.911. The number of nitrogens with zero attached hydrogens (tertiary/aromatic N) is 1. The number of nitrogens with two attached hydrogens (primary N) is 2. The molecule has 0 atom stereocenters. The van der Waals surface area contributed by atoms with Crippen molar-refractivity contribution in [3.63, 3.8) is 0 Å². The molecule has 2 rings (SSSR count). The first-order valence-electron chi connectivity index (χ1n) is 7.98. The van der Waals surface area contributed by atoms with E-state index in [4.69, 9.17) is 11.5 Å². The van der Waals surface area contributed by atoms with Gasteiger partial charge in [-0.05, 0) is 10.8 Å². The van der Waals surface area contributed by atoms with Gasteiger partial charge in [0, 0.05) is 16.7 Å². The maximum Gasteiger partial charge on any atom is 0.322 e. The zero-order valence-corrected chi connectivity index (χ0v) is 15.4. The van der Waals surface area contributed by atoms with Gasteiger partial charge >= 0.3 is 6.03 Å². The van der Waals surface area contributed by atoms with Crippen molar-refractivity contribution in [3.8, 4) is 0 Å². The predicted octanol–water partition coefficient (Wildman–Crippen LogP) is 1.87. The van der Waals surface area contributed by atoms with Gasteiger partial charge in [0.25, 0.3) is 0 Å². The van der Waals surface area contributed by atoms with Crippen LogP contribution in [0, 0.1) is 27.6 Å². The Hall–Kier alpha value is -1.59. The third kappa shape index (κ3) is 1.57. The van der Waals surface area contributed by atoms with E-state index in [9.17, 15) is 14.4 Å². The molecule has 6 nitrogen and oxygen atoms in total. The molecule has 2 fully saturated rings. The van der Waals surface area contributed by atoms with E-state index in [1.807, 2.05) is 55.4 Å². The van der Waals surface area contributed by atoms with Crippen molar-refractivity contribution in [1.29, 1.82) is 0 Å². The van der Waals surface area contributed by atoms with E-state index in [0.717, 1.165) is 4.90 Å². The van der Waals surface area contributed by atoms with Gasteiger partial charge in [0.05, 0.1) is 0 Å². The van der Waals surface area contributed by atoms with Crippen LogP contribution in [0.5, 0.6) is 0 Å². The SMILES string of the molecule is CC1(C)C(C(=O)N(C(N)=O)C2(C(N)=O)C(C)(C)C2(C)C)C1(C)C. The largest absolute Gasteiger partial charge is 0.368 e. The minimum Gasteiger partial charge on any atom is -0.368 e. The molecule has 0 bridgehead atoms. The number of hydrogen-bond donors (Lipinski definition) is 2. The highest BCUT2D eigenvalue weighted by atomic mass is 16.2. The zero-order chi connectivity index (χ0) is 18.4. The Morgan fingerprint density at radius 3 is 1.30 bits per heavy atom. The Balaban J connectivity index is 2.56. The third-order valence-electron chi connectivity index (χ3n) is 7.71. The molecule has 4 N–H and O–H groups in total. The molecule has 0 spiro atoms. The fourth-order valence-electron chi connectivity index (χ4n) is 4.95. The topological polar surface area (TPSA) is 106 Å². The lowest BCUT2D eigenvalue weighted by Gasteiger charge is -2.31. The van der Waals surface area contributed by atoms with Crippen molar-refractivity contribution in [2.24, 2.45) is 39.0 Å². The van der Waals surface area contributed by atoms with Crippen molar-refractivity contribution in [3.05, 3.63) is 0 Å². The summed E-state index contributed by atoms with van der Waals surface area (Å²) in [6.45, 7) is 15.3. The van der Waals surface area contributed by atoms with Gasteiger partial charge in [-0.1, -0.05) is 55.4 Å². The average Bonchev–Trinajstić information content (AvgIpc) is 2.88. The van der Waals surface area contributed by atoms with E-state index in [-0.39, 0.29) is 16.7 Å². The molecule has 0 radical (unpaired) electrons. The molecule has 0 aromatic heterocycles. The molecule has 2 aliphatic rings. The van der Waals surface area contributed by atoms with E-state index in [1.54, 1.807) is 0 Å². The molecule has 0 saturated heterocycles. The summed E-state index contributed by atoms with van der Waals surface area (Å²) < 4.78 is 0. The molecule has 0 aromatic carbocycles. The second-order valence-electron chi connectivity index (χ2n) is 9.21. The van der Waals surface area contributed by atoms with E-state index in [1.165, 1.54) is 0 Å². The highest BCUT2D eigenvalue weighted by Crippen LogP contribution is 2.76. The first-order valence-corrected chi connectivity index (χ1v) is 7.98. The number of amides is 4. The standard InChI is InChI=1S/C17H29N3O3/c1-13(2)9(14(13,3)4)10(21)20(12(19)23)17(11(18)22)15(5,6)16(17,7)8/h9H,1-8H3,(H2,18,22)(H2,19,23). The lowest BCUT2D eigenvalue weighted by molar-refractivity contribution is -0.141. The molecule has 0 aliphatic heterocycles. The van der Waals surface area contributed by atoms with Gasteiger partial charge in [-0.25, -0.2) is 9.69 Å². The predicted molar refractivity (Wildman–Crippen MR) is 87.0 cm³/mol. The van der Waals surface area contributed by atoms with Crippen molar-refractivity contribution in [2.45, 2.75) is 60.9 Å². The van der Waals surface area contributed by atoms with E-state index < -0.39 is 34.2 Å². The van der Waals surface area contributed by atoms with Crippen LogP contribution in [0.25, 0.3) is 0 Å². The number of urea groups is 1. The third-order valence-corrected chi connectivity index (χ3v) is 7.71. The van der Waals surface area contributed by atoms with Crippen molar-refractivity contribution in [1.82, 2.24) is 4.90 Å². The number of carbonyl (C=O) groups excluding carboxylic acids is 3. The summed E-state index contributed by atoms with van der Waals surface area (Å²) in [4.78, 5) is 38.6. The Bertz CT molecular complexity index is 589. The number of rotatable bonds is 3. The molecular formula is C17H29N3O3. The highest BCUT2D eigenvalue weighted by molar-refractivity contribution is 6.06. The van der Waals surface area contributed by atoms with Crippen LogP contribution in [-0.4, -0.2) is 28.3 Å². The number of carbonyl (C=O) groups is 3. The lowest BCUT2D eigenvalue weighted by Crippen LogP contribution is -2.59. The van der Waals surface area contributed by atoms with Crippen LogP contribution >= 0.6 is 0 Å². The Kier molecular flexibility index (Phi) is 3.15. The minimum atomic E-state index is -1.39. The van der Waals surface area contributed by atoms with Crippen molar-refractivity contribution >= 4 is 17.8 Å². The Labute approximate surface area is 137 Å². The number of imide groups is 1. The van der Waals surface area contributed by atoms with Crippen LogP contribution in [0.3, 0.4) is 0 Å². The maximum absolute atomic E-state index is 13.2. The minimum absolute atomic E-state index is 0.264. The van der Waals surface area contributed by atoms with Gasteiger partial charge in [-0.2, -0.15) is 0 Å². The fourth-order valence-corrected chi connectivity index (χ4v) is 4.95. The molecule has 2 saturated carbocycles. The summed E-state index contributed by atoms with van der Waals surface area (Å²) in [5.74, 6) is -1.45. The van der Waals surface area contributed by atoms with E-state index >= 15 is 0 Å². The summed E-state index contributed by atoms with van der Waals surface area (Å²) in [5, 5.41) is 0. The molecule has 130 valence electrons. The lowest BCUT2D eigenvalue weighted by atomic mass is 10.0. The number of hydrogen-bond acceptors (Lipinski definition) is 3. The molecule has 2 aliphatic carbocycles. The Morgan fingerprint density at radius 1 is 0.783 bits per heavy atom. The second-order valence-corrected chi connectivity index (χ2v) is 9.21. The van der Waals surface area contributed by atoms with Crippen LogP contribution in [0.4, 0.5) is 4.79 Å². The normalized spacial score (nSPS) is 27.8. The van der Waals surface area contributed by atoms with Crippen LogP contribution in [-0.2, 0) is 9.59 Å². The first-order chi connectivity index (χ1) is 10.0. The fraction of sp³-hybridized carbons (Fsp3) is 0.824. The molecule has 0 heterocycles. The summed E-state index contributed by atoms with van der Waals surface area (Å²) in [5.41, 5.74) is 8.02. The highest BCUT2D eigenvalue weighted by Gasteiger charge is 2.86. The zero-order valence-electron chi connectivity index (χ0n) is 15.4. The molecule has 0 unspecified atom stereocenters. The van der Waals surface area contributed by atoms with Gasteiger partial charge in [0.2, 0.25) is 11.8 Å². The first kappa shape index (κ1) is 17.8. The molecule has 23 heavy (non-hydrogen) atoms. The van der Waals surface area contributed by atoms with Gasteiger partial charge in [-0.3, -0.25) is 9.59 Å². The van der Waals surface area contributed by atoms with Crippen LogP contribution in [0.1, 0.15) is 55.4 Å². The smallest absolute Gasteiger partial charge is 0.322 e. The van der Waals surface area contributed by atoms with Gasteiger partial charge < -0.3 is 11.5 Å². The van der Waals surface area contributed by atoms with Crippen LogP contribution in [0.15, 0.2) is 0 Å². The monoisotopic (exact) mass is 323 g/mol. The molecule has 4 amide bonds. The summed E-state index contributed by atoms with van der Waals surface area (Å²) in [7, 11) is 0. The molecule has 0 aromatic rings. The second kappa shape index (κ2) is 4.08. The molecule has 6 heteroatoms. The van der Waals surface area contributed by atoms with Crippen molar-refractivity contribution < 1.29 is 14.4 Å². The van der Waals surface area contributed by atoms with Crippen LogP contribution in [0.2, 0.25) is 0 Å². The summed E-state index contributed by atoms with van der Waals surface area (Å²) in [6.07, 6.45) is 0. The number of primary amides is 2. The van der Waals surface area contributed by atoms with Gasteiger partial charge in [0.15, 0.2) is 0 Å².